The van der Waals surface area contributed by atoms with E-state index < -0.39 is 10.0 Å². The van der Waals surface area contributed by atoms with E-state index in [-0.39, 0.29) is 16.8 Å². The molecule has 1 aliphatic heterocycles. The van der Waals surface area contributed by atoms with Crippen LogP contribution in [0.5, 0.6) is 0 Å². The number of amides is 2. The number of hydrogen-bond donors (Lipinski definition) is 1. The third kappa shape index (κ3) is 3.60. The van der Waals surface area contributed by atoms with Gasteiger partial charge in [-0.3, -0.25) is 0 Å². The molecule has 7 heteroatoms. The summed E-state index contributed by atoms with van der Waals surface area (Å²) in [6.07, 6.45) is 1.57. The quantitative estimate of drug-likeness (QED) is 0.809. The van der Waals surface area contributed by atoms with Gasteiger partial charge in [0.25, 0.3) is 0 Å². The SMILES string of the molecule is CC(C)(C)NC(=O)N1CCN(S(=O)(=O)C2CC2)CC1. The summed E-state index contributed by atoms with van der Waals surface area (Å²) in [7, 11) is -3.10. The minimum absolute atomic E-state index is 0.115. The summed E-state index contributed by atoms with van der Waals surface area (Å²) >= 11 is 0. The minimum Gasteiger partial charge on any atom is -0.333 e. The van der Waals surface area contributed by atoms with Crippen LogP contribution < -0.4 is 5.32 Å². The van der Waals surface area contributed by atoms with Crippen molar-refractivity contribution in [2.45, 2.75) is 44.4 Å². The summed E-state index contributed by atoms with van der Waals surface area (Å²) in [5.74, 6) is 0. The molecule has 2 aliphatic rings. The van der Waals surface area contributed by atoms with Crippen molar-refractivity contribution in [3.05, 3.63) is 0 Å². The number of carbonyl (C=O) groups excluding carboxylic acids is 1. The van der Waals surface area contributed by atoms with Gasteiger partial charge in [-0.05, 0) is 33.6 Å². The van der Waals surface area contributed by atoms with Crippen LogP contribution in [-0.2, 0) is 10.0 Å². The maximum atomic E-state index is 12.1. The number of hydrogen-bond acceptors (Lipinski definition) is 3. The van der Waals surface area contributed by atoms with E-state index in [9.17, 15) is 13.2 Å². The van der Waals surface area contributed by atoms with Gasteiger partial charge in [0.2, 0.25) is 10.0 Å². The van der Waals surface area contributed by atoms with Crippen molar-refractivity contribution in [1.82, 2.24) is 14.5 Å². The van der Waals surface area contributed by atoms with Crippen molar-refractivity contribution in [3.63, 3.8) is 0 Å². The zero-order valence-electron chi connectivity index (χ0n) is 11.8. The minimum atomic E-state index is -3.10. The predicted molar refractivity (Wildman–Crippen MR) is 73.4 cm³/mol. The molecule has 19 heavy (non-hydrogen) atoms. The zero-order chi connectivity index (χ0) is 14.3. The Kier molecular flexibility index (Phi) is 3.79. The van der Waals surface area contributed by atoms with Crippen LogP contribution in [0.25, 0.3) is 0 Å². The Morgan fingerprint density at radius 3 is 2.05 bits per heavy atom. The molecule has 0 aromatic rings. The first-order valence-corrected chi connectivity index (χ1v) is 8.26. The summed E-state index contributed by atoms with van der Waals surface area (Å²) < 4.78 is 25.7. The fourth-order valence-electron chi connectivity index (χ4n) is 2.12. The molecule has 0 unspecified atom stereocenters. The molecule has 1 N–H and O–H groups in total. The lowest BCUT2D eigenvalue weighted by Gasteiger charge is -2.35. The summed E-state index contributed by atoms with van der Waals surface area (Å²) in [6, 6.07) is -0.115. The van der Waals surface area contributed by atoms with Crippen LogP contribution >= 0.6 is 0 Å². The molecule has 110 valence electrons. The lowest BCUT2D eigenvalue weighted by Crippen LogP contribution is -2.56. The molecular weight excluding hydrogens is 266 g/mol. The van der Waals surface area contributed by atoms with Crippen molar-refractivity contribution in [3.8, 4) is 0 Å². The molecule has 0 radical (unpaired) electrons. The Hall–Kier alpha value is -0.820. The van der Waals surface area contributed by atoms with E-state index in [4.69, 9.17) is 0 Å². The molecule has 0 aromatic carbocycles. The van der Waals surface area contributed by atoms with E-state index in [1.54, 1.807) is 4.90 Å². The second-order valence-electron chi connectivity index (χ2n) is 6.31. The predicted octanol–water partition coefficient (Wildman–Crippen LogP) is 0.604. The average molecular weight is 289 g/mol. The first-order chi connectivity index (χ1) is 8.70. The Labute approximate surface area is 115 Å². The summed E-state index contributed by atoms with van der Waals surface area (Å²) in [5.41, 5.74) is -0.270. The number of urea groups is 1. The summed E-state index contributed by atoms with van der Waals surface area (Å²) in [5, 5.41) is 2.73. The highest BCUT2D eigenvalue weighted by atomic mass is 32.2. The first kappa shape index (κ1) is 14.6. The highest BCUT2D eigenvalue weighted by molar-refractivity contribution is 7.90. The summed E-state index contributed by atoms with van der Waals surface area (Å²) in [4.78, 5) is 13.6. The molecule has 2 rings (SSSR count). The van der Waals surface area contributed by atoms with Gasteiger partial charge < -0.3 is 10.2 Å². The number of carbonyl (C=O) groups is 1. The number of nitrogens with one attached hydrogen (secondary N) is 1. The molecule has 0 bridgehead atoms. The van der Waals surface area contributed by atoms with E-state index >= 15 is 0 Å². The highest BCUT2D eigenvalue weighted by Crippen LogP contribution is 2.31. The molecular formula is C12H23N3O3S. The second-order valence-corrected chi connectivity index (χ2v) is 8.52. The van der Waals surface area contributed by atoms with Crippen molar-refractivity contribution in [2.75, 3.05) is 26.2 Å². The lowest BCUT2D eigenvalue weighted by molar-refractivity contribution is 0.165. The molecule has 6 nitrogen and oxygen atoms in total. The van der Waals surface area contributed by atoms with Crippen LogP contribution in [0.1, 0.15) is 33.6 Å². The lowest BCUT2D eigenvalue weighted by atomic mass is 10.1. The Morgan fingerprint density at radius 1 is 1.11 bits per heavy atom. The first-order valence-electron chi connectivity index (χ1n) is 6.76. The molecule has 0 atom stereocenters. The fourth-order valence-corrected chi connectivity index (χ4v) is 3.95. The smallest absolute Gasteiger partial charge is 0.317 e. The fraction of sp³-hybridized carbons (Fsp3) is 0.917. The van der Waals surface area contributed by atoms with Crippen LogP contribution in [0, 0.1) is 0 Å². The molecule has 1 aliphatic carbocycles. The van der Waals surface area contributed by atoms with E-state index in [1.165, 1.54) is 4.31 Å². The van der Waals surface area contributed by atoms with Crippen molar-refractivity contribution in [2.24, 2.45) is 0 Å². The van der Waals surface area contributed by atoms with Gasteiger partial charge in [-0.25, -0.2) is 13.2 Å². The van der Waals surface area contributed by atoms with E-state index in [2.05, 4.69) is 5.32 Å². The Morgan fingerprint density at radius 2 is 1.63 bits per heavy atom. The molecule has 2 amide bonds. The Balaban J connectivity index is 1.87. The van der Waals surface area contributed by atoms with Gasteiger partial charge in [-0.1, -0.05) is 0 Å². The van der Waals surface area contributed by atoms with Gasteiger partial charge in [-0.2, -0.15) is 4.31 Å². The number of sulfonamides is 1. The zero-order valence-corrected chi connectivity index (χ0v) is 12.7. The molecule has 2 fully saturated rings. The number of rotatable bonds is 2. The van der Waals surface area contributed by atoms with Crippen LogP contribution in [-0.4, -0.2) is 60.6 Å². The van der Waals surface area contributed by atoms with Crippen LogP contribution in [0.2, 0.25) is 0 Å². The normalized spacial score (nSPS) is 22.4. The van der Waals surface area contributed by atoms with Gasteiger partial charge in [0.1, 0.15) is 0 Å². The maximum Gasteiger partial charge on any atom is 0.317 e. The average Bonchev–Trinajstić information content (AvgIpc) is 3.11. The van der Waals surface area contributed by atoms with Crippen LogP contribution in [0.15, 0.2) is 0 Å². The second kappa shape index (κ2) is 4.94. The van der Waals surface area contributed by atoms with Gasteiger partial charge in [0, 0.05) is 31.7 Å². The molecule has 1 saturated heterocycles. The monoisotopic (exact) mass is 289 g/mol. The number of piperazine rings is 1. The largest absolute Gasteiger partial charge is 0.333 e. The van der Waals surface area contributed by atoms with Gasteiger partial charge >= 0.3 is 6.03 Å². The van der Waals surface area contributed by atoms with Gasteiger partial charge in [-0.15, -0.1) is 0 Å². The third-order valence-electron chi connectivity index (χ3n) is 3.31. The molecule has 1 heterocycles. The van der Waals surface area contributed by atoms with E-state index in [1.807, 2.05) is 20.8 Å². The van der Waals surface area contributed by atoms with E-state index in [0.29, 0.717) is 26.2 Å². The molecule has 0 spiro atoms. The topological polar surface area (TPSA) is 69.7 Å². The van der Waals surface area contributed by atoms with Crippen LogP contribution in [0.3, 0.4) is 0 Å². The highest BCUT2D eigenvalue weighted by Gasteiger charge is 2.41. The molecule has 0 aromatic heterocycles. The number of nitrogens with zero attached hydrogens (tertiary/aromatic N) is 2. The van der Waals surface area contributed by atoms with Gasteiger partial charge in [0.15, 0.2) is 0 Å². The van der Waals surface area contributed by atoms with Crippen molar-refractivity contribution >= 4 is 16.1 Å². The summed E-state index contributed by atoms with van der Waals surface area (Å²) in [6.45, 7) is 7.55. The standard InChI is InChI=1S/C12H23N3O3S/c1-12(2,3)13-11(16)14-6-8-15(9-7-14)19(17,18)10-4-5-10/h10H,4-9H2,1-3H3,(H,13,16). The van der Waals surface area contributed by atoms with Crippen LogP contribution in [0.4, 0.5) is 4.79 Å². The van der Waals surface area contributed by atoms with Crippen molar-refractivity contribution in [1.29, 1.82) is 0 Å². The molecule has 1 saturated carbocycles. The van der Waals surface area contributed by atoms with E-state index in [0.717, 1.165) is 12.8 Å². The third-order valence-corrected chi connectivity index (χ3v) is 5.71. The van der Waals surface area contributed by atoms with Gasteiger partial charge in [0.05, 0.1) is 5.25 Å². The Bertz CT molecular complexity index is 443. The van der Waals surface area contributed by atoms with Crippen molar-refractivity contribution < 1.29 is 13.2 Å². The maximum absolute atomic E-state index is 12.1.